The molecular formula is C21H33NO3. The summed E-state index contributed by atoms with van der Waals surface area (Å²) in [7, 11) is 0. The molecule has 1 amide bonds. The van der Waals surface area contributed by atoms with Gasteiger partial charge in [-0.05, 0) is 24.3 Å². The monoisotopic (exact) mass is 347 g/mol. The van der Waals surface area contributed by atoms with E-state index in [1.165, 1.54) is 24.8 Å². The first-order chi connectivity index (χ1) is 12.1. The van der Waals surface area contributed by atoms with Gasteiger partial charge in [-0.2, -0.15) is 0 Å². The van der Waals surface area contributed by atoms with Crippen LogP contribution in [0.1, 0.15) is 76.7 Å². The van der Waals surface area contributed by atoms with Crippen LogP contribution in [0, 0.1) is 0 Å². The maximum absolute atomic E-state index is 11.9. The number of benzene rings is 1. The number of hydrogen-bond acceptors (Lipinski definition) is 3. The lowest BCUT2D eigenvalue weighted by molar-refractivity contribution is -0.143. The molecule has 0 saturated carbocycles. The molecule has 1 N–H and O–H groups in total. The highest BCUT2D eigenvalue weighted by molar-refractivity contribution is 5.77. The molecule has 0 fully saturated rings. The number of hydrogen-bond donors (Lipinski definition) is 1. The van der Waals surface area contributed by atoms with Gasteiger partial charge in [0.2, 0.25) is 5.91 Å². The van der Waals surface area contributed by atoms with Gasteiger partial charge in [-0.1, -0.05) is 69.9 Å². The minimum atomic E-state index is -0.194. The Kier molecular flexibility index (Phi) is 11.4. The molecule has 1 rings (SSSR count). The summed E-state index contributed by atoms with van der Waals surface area (Å²) in [6, 6.07) is 10.1. The van der Waals surface area contributed by atoms with Crippen molar-refractivity contribution < 1.29 is 14.3 Å². The van der Waals surface area contributed by atoms with Gasteiger partial charge in [-0.3, -0.25) is 9.59 Å². The van der Waals surface area contributed by atoms with E-state index in [1.54, 1.807) is 0 Å². The van der Waals surface area contributed by atoms with E-state index in [4.69, 9.17) is 4.74 Å². The number of esters is 1. The van der Waals surface area contributed by atoms with E-state index in [0.717, 1.165) is 12.8 Å². The molecule has 1 aromatic rings. The van der Waals surface area contributed by atoms with Gasteiger partial charge in [-0.15, -0.1) is 0 Å². The largest absolute Gasteiger partial charge is 0.466 e. The normalized spacial score (nSPS) is 11.8. The molecule has 25 heavy (non-hydrogen) atoms. The van der Waals surface area contributed by atoms with Crippen molar-refractivity contribution in [3.63, 3.8) is 0 Å². The predicted octanol–water partition coefficient (Wildman–Crippen LogP) is 4.59. The zero-order valence-corrected chi connectivity index (χ0v) is 15.8. The van der Waals surface area contributed by atoms with Crippen molar-refractivity contribution in [1.29, 1.82) is 0 Å². The number of carbonyl (C=O) groups excluding carboxylic acids is 2. The molecular weight excluding hydrogens is 314 g/mol. The SMILES string of the molecule is CCCCCCCOC(=O)CCCC(=O)NCC(C)c1ccccc1. The Balaban J connectivity index is 2.03. The second-order valence-corrected chi connectivity index (χ2v) is 6.60. The first-order valence-corrected chi connectivity index (χ1v) is 9.60. The van der Waals surface area contributed by atoms with Crippen LogP contribution < -0.4 is 5.32 Å². The number of ether oxygens (including phenoxy) is 1. The van der Waals surface area contributed by atoms with E-state index in [-0.39, 0.29) is 17.8 Å². The highest BCUT2D eigenvalue weighted by atomic mass is 16.5. The highest BCUT2D eigenvalue weighted by Crippen LogP contribution is 2.13. The van der Waals surface area contributed by atoms with Gasteiger partial charge in [-0.25, -0.2) is 0 Å². The molecule has 1 atom stereocenters. The lowest BCUT2D eigenvalue weighted by Crippen LogP contribution is -2.27. The van der Waals surface area contributed by atoms with Crippen molar-refractivity contribution in [3.8, 4) is 0 Å². The average molecular weight is 347 g/mol. The van der Waals surface area contributed by atoms with Crippen molar-refractivity contribution in [1.82, 2.24) is 5.32 Å². The van der Waals surface area contributed by atoms with Crippen molar-refractivity contribution in [2.45, 2.75) is 71.1 Å². The summed E-state index contributed by atoms with van der Waals surface area (Å²) in [6.07, 6.45) is 6.93. The van der Waals surface area contributed by atoms with Crippen LogP contribution in [-0.4, -0.2) is 25.0 Å². The van der Waals surface area contributed by atoms with Crippen LogP contribution in [0.5, 0.6) is 0 Å². The van der Waals surface area contributed by atoms with Crippen LogP contribution >= 0.6 is 0 Å². The second-order valence-electron chi connectivity index (χ2n) is 6.60. The Bertz CT molecular complexity index is 487. The average Bonchev–Trinajstić information content (AvgIpc) is 2.63. The fourth-order valence-electron chi connectivity index (χ4n) is 2.61. The van der Waals surface area contributed by atoms with Gasteiger partial charge in [0.15, 0.2) is 0 Å². The quantitative estimate of drug-likeness (QED) is 0.419. The lowest BCUT2D eigenvalue weighted by Gasteiger charge is -2.13. The Labute approximate surface area is 152 Å². The summed E-state index contributed by atoms with van der Waals surface area (Å²) in [5.41, 5.74) is 1.21. The molecule has 1 unspecified atom stereocenters. The number of rotatable bonds is 13. The third kappa shape index (κ3) is 10.6. The summed E-state index contributed by atoms with van der Waals surface area (Å²) >= 11 is 0. The van der Waals surface area contributed by atoms with Crippen LogP contribution in [0.3, 0.4) is 0 Å². The fraction of sp³-hybridized carbons (Fsp3) is 0.619. The first-order valence-electron chi connectivity index (χ1n) is 9.60. The third-order valence-corrected chi connectivity index (χ3v) is 4.27. The number of amides is 1. The molecule has 0 saturated heterocycles. The van der Waals surface area contributed by atoms with Crippen LogP contribution in [0.25, 0.3) is 0 Å². The summed E-state index contributed by atoms with van der Waals surface area (Å²) in [5, 5.41) is 2.94. The van der Waals surface area contributed by atoms with Crippen molar-refractivity contribution in [2.24, 2.45) is 0 Å². The Hall–Kier alpha value is -1.84. The minimum absolute atomic E-state index is 0.00449. The zero-order chi connectivity index (χ0) is 18.3. The number of unbranched alkanes of at least 4 members (excludes halogenated alkanes) is 4. The van der Waals surface area contributed by atoms with Gasteiger partial charge in [0.25, 0.3) is 0 Å². The molecule has 0 heterocycles. The number of nitrogens with one attached hydrogen (secondary N) is 1. The van der Waals surface area contributed by atoms with Crippen LogP contribution in [-0.2, 0) is 14.3 Å². The van der Waals surface area contributed by atoms with E-state index in [0.29, 0.717) is 32.4 Å². The van der Waals surface area contributed by atoms with E-state index in [1.807, 2.05) is 18.2 Å². The molecule has 0 aliphatic rings. The van der Waals surface area contributed by atoms with Crippen molar-refractivity contribution >= 4 is 11.9 Å². The molecule has 1 aromatic carbocycles. The van der Waals surface area contributed by atoms with Gasteiger partial charge in [0.05, 0.1) is 6.61 Å². The second kappa shape index (κ2) is 13.5. The minimum Gasteiger partial charge on any atom is -0.466 e. The standard InChI is InChI=1S/C21H33NO3/c1-3-4-5-6-10-16-25-21(24)15-11-14-20(23)22-17-18(2)19-12-8-7-9-13-19/h7-9,12-13,18H,3-6,10-11,14-17H2,1-2H3,(H,22,23). The highest BCUT2D eigenvalue weighted by Gasteiger charge is 2.09. The molecule has 0 aliphatic heterocycles. The summed E-state index contributed by atoms with van der Waals surface area (Å²) in [4.78, 5) is 23.5. The summed E-state index contributed by atoms with van der Waals surface area (Å²) in [6.45, 7) is 5.39. The van der Waals surface area contributed by atoms with E-state index in [2.05, 4.69) is 31.3 Å². The smallest absolute Gasteiger partial charge is 0.305 e. The van der Waals surface area contributed by atoms with Gasteiger partial charge >= 0.3 is 5.97 Å². The van der Waals surface area contributed by atoms with Crippen molar-refractivity contribution in [2.75, 3.05) is 13.2 Å². The van der Waals surface area contributed by atoms with Gasteiger partial charge in [0.1, 0.15) is 0 Å². The Morgan fingerprint density at radius 1 is 1.00 bits per heavy atom. The first kappa shape index (κ1) is 21.2. The molecule has 0 bridgehead atoms. The van der Waals surface area contributed by atoms with Crippen LogP contribution in [0.2, 0.25) is 0 Å². The third-order valence-electron chi connectivity index (χ3n) is 4.27. The van der Waals surface area contributed by atoms with E-state index < -0.39 is 0 Å². The van der Waals surface area contributed by atoms with Gasteiger partial charge < -0.3 is 10.1 Å². The van der Waals surface area contributed by atoms with Crippen LogP contribution in [0.4, 0.5) is 0 Å². The van der Waals surface area contributed by atoms with Crippen LogP contribution in [0.15, 0.2) is 30.3 Å². The summed E-state index contributed by atoms with van der Waals surface area (Å²) in [5.74, 6) is 0.0823. The Morgan fingerprint density at radius 2 is 1.72 bits per heavy atom. The molecule has 0 spiro atoms. The Morgan fingerprint density at radius 3 is 2.44 bits per heavy atom. The van der Waals surface area contributed by atoms with E-state index >= 15 is 0 Å². The molecule has 0 aliphatic carbocycles. The molecule has 4 heteroatoms. The topological polar surface area (TPSA) is 55.4 Å². The zero-order valence-electron chi connectivity index (χ0n) is 15.8. The molecule has 4 nitrogen and oxygen atoms in total. The fourth-order valence-corrected chi connectivity index (χ4v) is 2.61. The maximum atomic E-state index is 11.9. The van der Waals surface area contributed by atoms with Gasteiger partial charge in [0, 0.05) is 19.4 Å². The maximum Gasteiger partial charge on any atom is 0.305 e. The summed E-state index contributed by atoms with van der Waals surface area (Å²) < 4.78 is 5.19. The molecule has 0 aromatic heterocycles. The van der Waals surface area contributed by atoms with E-state index in [9.17, 15) is 9.59 Å². The molecule has 0 radical (unpaired) electrons. The number of carbonyl (C=O) groups is 2. The van der Waals surface area contributed by atoms with Crippen molar-refractivity contribution in [3.05, 3.63) is 35.9 Å². The lowest BCUT2D eigenvalue weighted by atomic mass is 10.0. The molecule has 140 valence electrons. The predicted molar refractivity (Wildman–Crippen MR) is 101 cm³/mol.